The lowest BCUT2D eigenvalue weighted by Gasteiger charge is -2.13. The van der Waals surface area contributed by atoms with E-state index in [4.69, 9.17) is 0 Å². The van der Waals surface area contributed by atoms with Crippen LogP contribution in [0.1, 0.15) is 27.0 Å². The van der Waals surface area contributed by atoms with Crippen LogP contribution in [-0.2, 0) is 19.5 Å². The molecular weight excluding hydrogens is 529 g/mol. The first kappa shape index (κ1) is 26.1. The van der Waals surface area contributed by atoms with Gasteiger partial charge in [0.15, 0.2) is 5.96 Å². The van der Waals surface area contributed by atoms with Gasteiger partial charge in [0, 0.05) is 45.0 Å². The van der Waals surface area contributed by atoms with Crippen molar-refractivity contribution in [2.24, 2.45) is 4.99 Å². The molecule has 0 bridgehead atoms. The van der Waals surface area contributed by atoms with Crippen molar-refractivity contribution in [3.63, 3.8) is 0 Å². The van der Waals surface area contributed by atoms with Crippen molar-refractivity contribution in [3.8, 4) is 0 Å². The molecule has 1 heterocycles. The van der Waals surface area contributed by atoms with Crippen LogP contribution in [0.4, 0.5) is 0 Å². The van der Waals surface area contributed by atoms with Gasteiger partial charge in [-0.15, -0.1) is 24.0 Å². The molecule has 3 aromatic rings. The van der Waals surface area contributed by atoms with Gasteiger partial charge >= 0.3 is 0 Å². The molecule has 1 aromatic heterocycles. The SMILES string of the molecule is CN=C(NCCc1cccc(C(=O)NC)c1)NCc1ccc(Cn2ccccc2=O)cc1.I. The molecule has 3 N–H and O–H groups in total. The molecule has 174 valence electrons. The van der Waals surface area contributed by atoms with Crippen LogP contribution < -0.4 is 21.5 Å². The van der Waals surface area contributed by atoms with E-state index >= 15 is 0 Å². The van der Waals surface area contributed by atoms with Crippen LogP contribution in [0.25, 0.3) is 0 Å². The number of carbonyl (C=O) groups excluding carboxylic acids is 1. The maximum atomic E-state index is 11.9. The molecule has 0 atom stereocenters. The van der Waals surface area contributed by atoms with E-state index in [2.05, 4.69) is 20.9 Å². The molecule has 0 fully saturated rings. The van der Waals surface area contributed by atoms with Gasteiger partial charge in [0.25, 0.3) is 11.5 Å². The van der Waals surface area contributed by atoms with E-state index in [-0.39, 0.29) is 35.4 Å². The average molecular weight is 559 g/mol. The minimum Gasteiger partial charge on any atom is -0.356 e. The molecule has 0 saturated heterocycles. The van der Waals surface area contributed by atoms with Crippen LogP contribution in [0.2, 0.25) is 0 Å². The number of aliphatic imine (C=N–C) groups is 1. The Balaban J connectivity index is 0.00000385. The molecule has 2 aromatic carbocycles. The summed E-state index contributed by atoms with van der Waals surface area (Å²) < 4.78 is 1.68. The van der Waals surface area contributed by atoms with Gasteiger partial charge in [-0.1, -0.05) is 42.5 Å². The van der Waals surface area contributed by atoms with Gasteiger partial charge in [-0.05, 0) is 41.3 Å². The van der Waals surface area contributed by atoms with E-state index in [1.807, 2.05) is 48.5 Å². The molecule has 0 saturated carbocycles. The molecule has 0 aliphatic rings. The zero-order valence-electron chi connectivity index (χ0n) is 18.9. The van der Waals surface area contributed by atoms with Gasteiger partial charge in [0.1, 0.15) is 0 Å². The zero-order valence-corrected chi connectivity index (χ0v) is 21.2. The number of nitrogens with zero attached hydrogens (tertiary/aromatic N) is 2. The fourth-order valence-corrected chi connectivity index (χ4v) is 3.29. The van der Waals surface area contributed by atoms with Gasteiger partial charge in [-0.25, -0.2) is 0 Å². The zero-order chi connectivity index (χ0) is 22.8. The third-order valence-corrected chi connectivity index (χ3v) is 5.08. The maximum absolute atomic E-state index is 11.9. The molecule has 0 unspecified atom stereocenters. The second-order valence-corrected chi connectivity index (χ2v) is 7.37. The molecule has 33 heavy (non-hydrogen) atoms. The van der Waals surface area contributed by atoms with Gasteiger partial charge in [0.05, 0.1) is 6.54 Å². The number of halogens is 1. The lowest BCUT2D eigenvalue weighted by atomic mass is 10.1. The summed E-state index contributed by atoms with van der Waals surface area (Å²) in [4.78, 5) is 27.9. The van der Waals surface area contributed by atoms with Crippen molar-refractivity contribution < 1.29 is 4.79 Å². The van der Waals surface area contributed by atoms with Crippen LogP contribution in [0.15, 0.2) is 82.7 Å². The standard InChI is InChI=1S/C25H29N5O2.HI/c1-26-24(32)22-7-5-6-19(16-22)13-14-28-25(27-2)29-17-20-9-11-21(12-10-20)18-30-15-4-3-8-23(30)31;/h3-12,15-16H,13-14,17-18H2,1-2H3,(H,26,32)(H2,27,28,29);1H. The highest BCUT2D eigenvalue weighted by atomic mass is 127. The topological polar surface area (TPSA) is 87.5 Å². The van der Waals surface area contributed by atoms with Crippen molar-refractivity contribution in [2.45, 2.75) is 19.5 Å². The van der Waals surface area contributed by atoms with Crippen molar-refractivity contribution in [2.75, 3.05) is 20.6 Å². The average Bonchev–Trinajstić information content (AvgIpc) is 2.83. The summed E-state index contributed by atoms with van der Waals surface area (Å²) in [6.45, 7) is 1.89. The van der Waals surface area contributed by atoms with Gasteiger partial charge in [0.2, 0.25) is 0 Å². The summed E-state index contributed by atoms with van der Waals surface area (Å²) in [5.74, 6) is 0.631. The quantitative estimate of drug-likeness (QED) is 0.225. The molecule has 0 aliphatic carbocycles. The molecule has 8 heteroatoms. The van der Waals surface area contributed by atoms with Gasteiger partial charge in [-0.2, -0.15) is 0 Å². The van der Waals surface area contributed by atoms with Crippen LogP contribution in [0, 0.1) is 0 Å². The molecule has 7 nitrogen and oxygen atoms in total. The highest BCUT2D eigenvalue weighted by Gasteiger charge is 2.04. The monoisotopic (exact) mass is 559 g/mol. The number of carbonyl (C=O) groups is 1. The Morgan fingerprint density at radius 1 is 0.939 bits per heavy atom. The van der Waals surface area contributed by atoms with Crippen LogP contribution in [0.3, 0.4) is 0 Å². The molecule has 0 spiro atoms. The smallest absolute Gasteiger partial charge is 0.251 e. The van der Waals surface area contributed by atoms with Gasteiger partial charge in [-0.3, -0.25) is 14.6 Å². The number of amides is 1. The third kappa shape index (κ3) is 8.05. The van der Waals surface area contributed by atoms with E-state index in [9.17, 15) is 9.59 Å². The lowest BCUT2D eigenvalue weighted by Crippen LogP contribution is -2.37. The van der Waals surface area contributed by atoms with E-state index in [0.29, 0.717) is 31.2 Å². The number of guanidine groups is 1. The summed E-state index contributed by atoms with van der Waals surface area (Å²) in [6, 6.07) is 20.9. The Hall–Kier alpha value is -3.14. The first-order valence-electron chi connectivity index (χ1n) is 10.6. The molecular formula is C25H30IN5O2. The van der Waals surface area contributed by atoms with E-state index in [1.54, 1.807) is 43.1 Å². The predicted molar refractivity (Wildman–Crippen MR) is 143 cm³/mol. The molecule has 0 radical (unpaired) electrons. The fourth-order valence-electron chi connectivity index (χ4n) is 3.29. The molecule has 0 aliphatic heterocycles. The van der Waals surface area contributed by atoms with Crippen molar-refractivity contribution in [3.05, 3.63) is 106 Å². The number of aromatic nitrogens is 1. The van der Waals surface area contributed by atoms with E-state index in [1.165, 1.54) is 0 Å². The minimum atomic E-state index is -0.0841. The Labute approximate surface area is 211 Å². The molecule has 1 amide bonds. The normalized spacial score (nSPS) is 10.8. The highest BCUT2D eigenvalue weighted by Crippen LogP contribution is 2.07. The van der Waals surface area contributed by atoms with Crippen LogP contribution in [-0.4, -0.2) is 37.1 Å². The second kappa shape index (κ2) is 13.4. The Bertz CT molecular complexity index is 1130. The van der Waals surface area contributed by atoms with Crippen LogP contribution in [0.5, 0.6) is 0 Å². The summed E-state index contributed by atoms with van der Waals surface area (Å²) in [6.07, 6.45) is 2.57. The summed E-state index contributed by atoms with van der Waals surface area (Å²) in [5, 5.41) is 9.25. The summed E-state index contributed by atoms with van der Waals surface area (Å²) >= 11 is 0. The van der Waals surface area contributed by atoms with E-state index in [0.717, 1.165) is 23.1 Å². The number of nitrogens with one attached hydrogen (secondary N) is 3. The van der Waals surface area contributed by atoms with Crippen molar-refractivity contribution in [1.29, 1.82) is 0 Å². The number of hydrogen-bond donors (Lipinski definition) is 3. The second-order valence-electron chi connectivity index (χ2n) is 7.37. The number of benzene rings is 2. The highest BCUT2D eigenvalue weighted by molar-refractivity contribution is 14.0. The number of pyridine rings is 1. The fraction of sp³-hybridized carbons (Fsp3) is 0.240. The lowest BCUT2D eigenvalue weighted by molar-refractivity contribution is 0.0963. The minimum absolute atomic E-state index is 0. The van der Waals surface area contributed by atoms with Crippen molar-refractivity contribution >= 4 is 35.8 Å². The summed E-state index contributed by atoms with van der Waals surface area (Å²) in [5.41, 5.74) is 3.93. The summed E-state index contributed by atoms with van der Waals surface area (Å²) in [7, 11) is 3.37. The largest absolute Gasteiger partial charge is 0.356 e. The first-order chi connectivity index (χ1) is 15.6. The first-order valence-corrected chi connectivity index (χ1v) is 10.6. The van der Waals surface area contributed by atoms with Crippen molar-refractivity contribution in [1.82, 2.24) is 20.5 Å². The Kier molecular flexibility index (Phi) is 10.6. The molecule has 3 rings (SSSR count). The third-order valence-electron chi connectivity index (χ3n) is 5.08. The Morgan fingerprint density at radius 3 is 2.39 bits per heavy atom. The maximum Gasteiger partial charge on any atom is 0.251 e. The van der Waals surface area contributed by atoms with E-state index < -0.39 is 0 Å². The van der Waals surface area contributed by atoms with Gasteiger partial charge < -0.3 is 20.5 Å². The predicted octanol–water partition coefficient (Wildman–Crippen LogP) is 2.78. The van der Waals surface area contributed by atoms with Crippen LogP contribution >= 0.6 is 24.0 Å². The number of rotatable bonds is 8. The Morgan fingerprint density at radius 2 is 1.70 bits per heavy atom. The number of hydrogen-bond acceptors (Lipinski definition) is 3.